The fraction of sp³-hybridized carbons (Fsp3) is 0.316. The number of tetrazole rings is 1. The number of carboxylic acid groups (broad SMARTS) is 1. The molecule has 0 atom stereocenters. The standard InChI is InChI=1S/C17H19F2N7O.C2HF3O2/c1-2-24-10-15(8-21-24)13-5-3-4-12(6-13)9-25-17(27)26(23-22-25)11-14(7-20)16(18)19;3-2(4,5)1(6)7/h3-6,8,10H,2,7,9,11,20H2,1H3;(H,6,7). The molecule has 3 rings (SSSR count). The van der Waals surface area contributed by atoms with Crippen molar-refractivity contribution in [3.63, 3.8) is 0 Å². The molecule has 0 unspecified atom stereocenters. The van der Waals surface area contributed by atoms with E-state index < -0.39 is 23.9 Å². The second-order valence-electron chi connectivity index (χ2n) is 6.73. The van der Waals surface area contributed by atoms with Gasteiger partial charge >= 0.3 is 17.8 Å². The van der Waals surface area contributed by atoms with Crippen LogP contribution < -0.4 is 11.4 Å². The monoisotopic (exact) mass is 489 g/mol. The van der Waals surface area contributed by atoms with E-state index in [-0.39, 0.29) is 25.2 Å². The van der Waals surface area contributed by atoms with E-state index in [1.165, 1.54) is 0 Å². The summed E-state index contributed by atoms with van der Waals surface area (Å²) < 4.78 is 61.0. The maximum absolute atomic E-state index is 12.7. The molecule has 0 radical (unpaired) electrons. The highest BCUT2D eigenvalue weighted by molar-refractivity contribution is 5.73. The van der Waals surface area contributed by atoms with Crippen molar-refractivity contribution < 1.29 is 31.9 Å². The minimum atomic E-state index is -5.08. The Morgan fingerprint density at radius 1 is 1.15 bits per heavy atom. The van der Waals surface area contributed by atoms with Gasteiger partial charge in [0.25, 0.3) is 6.08 Å². The molecule has 3 N–H and O–H groups in total. The molecule has 0 saturated carbocycles. The number of hydrogen-bond acceptors (Lipinski definition) is 6. The van der Waals surface area contributed by atoms with Gasteiger partial charge in [0.1, 0.15) is 0 Å². The van der Waals surface area contributed by atoms with Crippen LogP contribution in [0.15, 0.2) is 53.1 Å². The summed E-state index contributed by atoms with van der Waals surface area (Å²) in [5.74, 6) is -2.76. The second kappa shape index (κ2) is 11.3. The van der Waals surface area contributed by atoms with E-state index in [2.05, 4.69) is 15.5 Å². The molecule has 0 aliphatic rings. The van der Waals surface area contributed by atoms with Crippen LogP contribution in [0.2, 0.25) is 0 Å². The second-order valence-corrected chi connectivity index (χ2v) is 6.73. The van der Waals surface area contributed by atoms with Crippen molar-refractivity contribution in [2.75, 3.05) is 6.54 Å². The summed E-state index contributed by atoms with van der Waals surface area (Å²) in [5, 5.41) is 18.8. The molecule has 184 valence electrons. The molecule has 34 heavy (non-hydrogen) atoms. The van der Waals surface area contributed by atoms with Gasteiger partial charge in [-0.15, -0.1) is 0 Å². The number of hydrogen-bond donors (Lipinski definition) is 2. The van der Waals surface area contributed by atoms with Gasteiger partial charge in [-0.1, -0.05) is 18.2 Å². The number of aliphatic carboxylic acids is 1. The van der Waals surface area contributed by atoms with E-state index >= 15 is 0 Å². The highest BCUT2D eigenvalue weighted by Crippen LogP contribution is 2.20. The average Bonchev–Trinajstić information content (AvgIpc) is 3.39. The minimum absolute atomic E-state index is 0.175. The lowest BCUT2D eigenvalue weighted by Gasteiger charge is -2.03. The van der Waals surface area contributed by atoms with Crippen LogP contribution in [0.1, 0.15) is 12.5 Å². The fourth-order valence-corrected chi connectivity index (χ4v) is 2.59. The number of halogens is 5. The Bertz CT molecular complexity index is 1210. The van der Waals surface area contributed by atoms with E-state index in [4.69, 9.17) is 15.6 Å². The van der Waals surface area contributed by atoms with Crippen molar-refractivity contribution in [2.24, 2.45) is 5.73 Å². The minimum Gasteiger partial charge on any atom is -0.475 e. The first kappa shape index (κ1) is 26.4. The third-order valence-electron chi connectivity index (χ3n) is 4.34. The smallest absolute Gasteiger partial charge is 0.475 e. The summed E-state index contributed by atoms with van der Waals surface area (Å²) in [6.07, 6.45) is -3.27. The maximum atomic E-state index is 12.7. The van der Waals surface area contributed by atoms with Gasteiger partial charge in [0, 0.05) is 30.4 Å². The van der Waals surface area contributed by atoms with E-state index in [0.717, 1.165) is 32.6 Å². The number of aromatic nitrogens is 6. The van der Waals surface area contributed by atoms with Gasteiger partial charge < -0.3 is 10.8 Å². The molecule has 1 aromatic carbocycles. The topological polar surface area (TPSA) is 134 Å². The molecule has 0 fully saturated rings. The Morgan fingerprint density at radius 2 is 1.79 bits per heavy atom. The molecule has 3 aromatic rings. The molecule has 2 aromatic heterocycles. The third-order valence-corrected chi connectivity index (χ3v) is 4.34. The summed E-state index contributed by atoms with van der Waals surface area (Å²) in [4.78, 5) is 21.2. The summed E-state index contributed by atoms with van der Waals surface area (Å²) in [6.45, 7) is 2.22. The van der Waals surface area contributed by atoms with E-state index in [9.17, 15) is 26.7 Å². The van der Waals surface area contributed by atoms with Crippen molar-refractivity contribution in [3.8, 4) is 11.1 Å². The number of carboxylic acids is 1. The Morgan fingerprint density at radius 3 is 2.32 bits per heavy atom. The maximum Gasteiger partial charge on any atom is 0.490 e. The van der Waals surface area contributed by atoms with Gasteiger partial charge in [-0.2, -0.15) is 36.4 Å². The van der Waals surface area contributed by atoms with Crippen LogP contribution in [0.25, 0.3) is 11.1 Å². The van der Waals surface area contributed by atoms with Crippen LogP contribution in [0.5, 0.6) is 0 Å². The van der Waals surface area contributed by atoms with Crippen LogP contribution in [0.3, 0.4) is 0 Å². The summed E-state index contributed by atoms with van der Waals surface area (Å²) in [7, 11) is 0. The van der Waals surface area contributed by atoms with Crippen molar-refractivity contribution in [3.05, 3.63) is 64.4 Å². The van der Waals surface area contributed by atoms with Crippen LogP contribution in [-0.2, 0) is 24.4 Å². The molecule has 2 heterocycles. The van der Waals surface area contributed by atoms with E-state index in [1.54, 1.807) is 6.20 Å². The first-order chi connectivity index (χ1) is 16.0. The predicted octanol–water partition coefficient (Wildman–Crippen LogP) is 2.11. The lowest BCUT2D eigenvalue weighted by molar-refractivity contribution is -0.192. The number of nitrogens with two attached hydrogens (primary N) is 1. The fourth-order valence-electron chi connectivity index (χ4n) is 2.59. The predicted molar refractivity (Wildman–Crippen MR) is 109 cm³/mol. The SMILES string of the molecule is CCn1cc(-c2cccc(Cn3nnn(CC(CN)=C(F)F)c3=O)c2)cn1.O=C(O)C(F)(F)F. The summed E-state index contributed by atoms with van der Waals surface area (Å²) in [5.41, 5.74) is 7.10. The van der Waals surface area contributed by atoms with Crippen LogP contribution in [-0.4, -0.2) is 53.4 Å². The van der Waals surface area contributed by atoms with Crippen LogP contribution in [0, 0.1) is 0 Å². The number of nitrogens with zero attached hydrogens (tertiary/aromatic N) is 6. The zero-order valence-corrected chi connectivity index (χ0v) is 17.7. The normalized spacial score (nSPS) is 11.0. The number of alkyl halides is 3. The molecule has 0 saturated heterocycles. The molecular formula is C19H20F5N7O3. The summed E-state index contributed by atoms with van der Waals surface area (Å²) in [6, 6.07) is 7.60. The molecule has 15 heteroatoms. The largest absolute Gasteiger partial charge is 0.490 e. The zero-order chi connectivity index (χ0) is 25.5. The number of benzene rings is 1. The molecule has 0 aliphatic heterocycles. The van der Waals surface area contributed by atoms with Gasteiger partial charge in [-0.05, 0) is 34.5 Å². The lowest BCUT2D eigenvalue weighted by atomic mass is 10.1. The number of rotatable bonds is 7. The molecule has 0 bridgehead atoms. The van der Waals surface area contributed by atoms with Gasteiger partial charge in [0.05, 0.1) is 19.3 Å². The molecular weight excluding hydrogens is 469 g/mol. The van der Waals surface area contributed by atoms with Gasteiger partial charge in [-0.25, -0.2) is 9.59 Å². The van der Waals surface area contributed by atoms with Crippen molar-refractivity contribution in [1.29, 1.82) is 0 Å². The Hall–Kier alpha value is -3.88. The molecule has 10 nitrogen and oxygen atoms in total. The lowest BCUT2D eigenvalue weighted by Crippen LogP contribution is -2.27. The quantitative estimate of drug-likeness (QED) is 0.486. The van der Waals surface area contributed by atoms with E-state index in [1.807, 2.05) is 42.1 Å². The first-order valence-electron chi connectivity index (χ1n) is 9.61. The van der Waals surface area contributed by atoms with Crippen molar-refractivity contribution in [2.45, 2.75) is 32.7 Å². The Balaban J connectivity index is 0.000000509. The highest BCUT2D eigenvalue weighted by Gasteiger charge is 2.38. The number of aryl methyl sites for hydroxylation is 1. The Kier molecular flexibility index (Phi) is 8.77. The first-order valence-corrected chi connectivity index (χ1v) is 9.61. The third kappa shape index (κ3) is 7.06. The van der Waals surface area contributed by atoms with E-state index in [0.29, 0.717) is 0 Å². The molecule has 0 aliphatic carbocycles. The summed E-state index contributed by atoms with van der Waals surface area (Å²) >= 11 is 0. The van der Waals surface area contributed by atoms with Gasteiger partial charge in [0.15, 0.2) is 0 Å². The Labute approximate surface area is 188 Å². The average molecular weight is 489 g/mol. The number of carbonyl (C=O) groups is 1. The highest BCUT2D eigenvalue weighted by atomic mass is 19.4. The molecule has 0 amide bonds. The zero-order valence-electron chi connectivity index (χ0n) is 17.7. The van der Waals surface area contributed by atoms with Crippen molar-refractivity contribution >= 4 is 5.97 Å². The van der Waals surface area contributed by atoms with Gasteiger partial charge in [0.2, 0.25) is 0 Å². The van der Waals surface area contributed by atoms with Gasteiger partial charge in [-0.3, -0.25) is 4.68 Å². The van der Waals surface area contributed by atoms with Crippen molar-refractivity contribution in [1.82, 2.24) is 29.6 Å². The van der Waals surface area contributed by atoms with Crippen LogP contribution in [0.4, 0.5) is 22.0 Å². The van der Waals surface area contributed by atoms with Crippen LogP contribution >= 0.6 is 0 Å². The molecule has 0 spiro atoms.